The molecule has 0 unspecified atom stereocenters. The van der Waals surface area contributed by atoms with Gasteiger partial charge in [-0.25, -0.2) is 24.0 Å². The van der Waals surface area contributed by atoms with Gasteiger partial charge in [0.2, 0.25) is 0 Å². The van der Waals surface area contributed by atoms with E-state index in [0.29, 0.717) is 56.6 Å². The highest BCUT2D eigenvalue weighted by Crippen LogP contribution is 2.26. The van der Waals surface area contributed by atoms with E-state index in [1.54, 1.807) is 48.5 Å². The van der Waals surface area contributed by atoms with Crippen LogP contribution in [0.3, 0.4) is 0 Å². The summed E-state index contributed by atoms with van der Waals surface area (Å²) >= 11 is 0. The predicted molar refractivity (Wildman–Crippen MR) is 285 cm³/mol. The third-order valence-electron chi connectivity index (χ3n) is 11.2. The van der Waals surface area contributed by atoms with Gasteiger partial charge in [0.05, 0.1) is 67.7 Å². The topological polar surface area (TPSA) is 187 Å². The van der Waals surface area contributed by atoms with Gasteiger partial charge in [-0.3, -0.25) is 0 Å². The zero-order chi connectivity index (χ0) is 53.5. The first-order valence-corrected chi connectivity index (χ1v) is 25.2. The smallest absolute Gasteiger partial charge is 0.344 e. The van der Waals surface area contributed by atoms with Gasteiger partial charge in [-0.05, 0) is 192 Å². The van der Waals surface area contributed by atoms with E-state index in [1.165, 1.54) is 18.2 Å². The quantitative estimate of drug-likeness (QED) is 0.00945. The first kappa shape index (κ1) is 57.6. The highest BCUT2D eigenvalue weighted by atomic mass is 16.6. The van der Waals surface area contributed by atoms with Gasteiger partial charge in [-0.1, -0.05) is 13.2 Å². The largest absolute Gasteiger partial charge is 0.494 e. The van der Waals surface area contributed by atoms with Crippen molar-refractivity contribution in [3.63, 3.8) is 0 Å². The lowest BCUT2D eigenvalue weighted by atomic mass is 10.0. The van der Waals surface area contributed by atoms with Crippen LogP contribution in [0.4, 0.5) is 17.1 Å². The molecule has 0 amide bonds. The van der Waals surface area contributed by atoms with Crippen molar-refractivity contribution in [3.05, 3.63) is 157 Å². The monoisotopic (exact) mass is 1030 g/mol. The van der Waals surface area contributed by atoms with Crippen molar-refractivity contribution < 1.29 is 61.9 Å². The molecule has 0 atom stereocenters. The molecule has 0 aliphatic rings. The first-order valence-electron chi connectivity index (χ1n) is 25.2. The van der Waals surface area contributed by atoms with Crippen LogP contribution in [0.1, 0.15) is 108 Å². The lowest BCUT2D eigenvalue weighted by Crippen LogP contribution is -2.18. The summed E-state index contributed by atoms with van der Waals surface area (Å²) in [6, 6.07) is 32.3. The van der Waals surface area contributed by atoms with Gasteiger partial charge in [0.15, 0.2) is 0 Å². The summed E-state index contributed by atoms with van der Waals surface area (Å²) < 4.78 is 44.5. The highest BCUT2D eigenvalue weighted by molar-refractivity contribution is 6.06. The summed E-state index contributed by atoms with van der Waals surface area (Å²) in [6.45, 7) is 8.99. The van der Waals surface area contributed by atoms with E-state index in [-0.39, 0.29) is 34.8 Å². The van der Waals surface area contributed by atoms with Crippen LogP contribution in [0.2, 0.25) is 0 Å². The summed E-state index contributed by atoms with van der Waals surface area (Å²) in [5.41, 5.74) is 2.31. The van der Waals surface area contributed by atoms with Crippen LogP contribution in [-0.2, 0) is 23.8 Å². The van der Waals surface area contributed by atoms with Gasteiger partial charge in [-0.15, -0.1) is 0 Å². The zero-order valence-electron chi connectivity index (χ0n) is 42.9. The Morgan fingerprint density at radius 1 is 0.413 bits per heavy atom. The number of azo groups is 1. The number of anilines is 1. The molecule has 75 heavy (non-hydrogen) atoms. The summed E-state index contributed by atoms with van der Waals surface area (Å²) in [5.74, 6) is -0.895. The molecule has 0 radical (unpaired) electrons. The van der Waals surface area contributed by atoms with Crippen molar-refractivity contribution in [2.45, 2.75) is 77.0 Å². The molecule has 0 heterocycles. The molecule has 0 aromatic heterocycles. The molecular formula is C59H67N3O13. The van der Waals surface area contributed by atoms with Crippen molar-refractivity contribution in [2.24, 2.45) is 10.2 Å². The van der Waals surface area contributed by atoms with Crippen LogP contribution in [-0.4, -0.2) is 83.6 Å². The minimum absolute atomic E-state index is 0.0146. The zero-order valence-corrected chi connectivity index (χ0v) is 42.9. The standard InChI is InChI=1S/C59H67N3O13/c1-5-55(63)71-40-16-10-7-13-38-69-49-28-32-51(33-29-49)74-57(65)44-19-36-53(59(67)75-52-34-30-50(31-35-52)70-39-14-8-11-17-41-72-56(64)6-2)54(43-44)58(66)73-42-18-12-9-15-37-68-48-26-22-46(23-27-48)61-60-45-20-24-47(25-21-45)62(3)4/h5-6,19-36,43H,1-2,7-18,37-42H2,3-4H3. The molecule has 0 saturated carbocycles. The molecule has 16 nitrogen and oxygen atoms in total. The fourth-order valence-corrected chi connectivity index (χ4v) is 7.04. The summed E-state index contributed by atoms with van der Waals surface area (Å²) in [4.78, 5) is 65.1. The highest BCUT2D eigenvalue weighted by Gasteiger charge is 2.23. The second kappa shape index (κ2) is 32.7. The normalized spacial score (nSPS) is 10.7. The summed E-state index contributed by atoms with van der Waals surface area (Å²) in [5, 5.41) is 8.63. The van der Waals surface area contributed by atoms with Crippen molar-refractivity contribution in [1.82, 2.24) is 0 Å². The Labute approximate surface area is 439 Å². The average Bonchev–Trinajstić information content (AvgIpc) is 3.43. The van der Waals surface area contributed by atoms with Crippen LogP contribution >= 0.6 is 0 Å². The fraction of sp³-hybridized carbons (Fsp3) is 0.339. The molecule has 0 saturated heterocycles. The number of unbranched alkanes of at least 4 members (excludes halogenated alkanes) is 9. The third-order valence-corrected chi connectivity index (χ3v) is 11.2. The second-order valence-corrected chi connectivity index (χ2v) is 17.3. The first-order chi connectivity index (χ1) is 36.5. The van der Waals surface area contributed by atoms with Crippen LogP contribution in [0.15, 0.2) is 151 Å². The lowest BCUT2D eigenvalue weighted by Gasteiger charge is -2.12. The maximum absolute atomic E-state index is 13.7. The molecule has 0 N–H and O–H groups in total. The van der Waals surface area contributed by atoms with Crippen LogP contribution < -0.4 is 28.6 Å². The maximum Gasteiger partial charge on any atom is 0.344 e. The Balaban J connectivity index is 1.10. The van der Waals surface area contributed by atoms with Crippen molar-refractivity contribution in [3.8, 4) is 28.7 Å². The van der Waals surface area contributed by atoms with E-state index >= 15 is 0 Å². The van der Waals surface area contributed by atoms with Gasteiger partial charge in [0.1, 0.15) is 28.7 Å². The Morgan fingerprint density at radius 3 is 1.21 bits per heavy atom. The number of nitrogens with zero attached hydrogens (tertiary/aromatic N) is 3. The Bertz CT molecular complexity index is 2610. The van der Waals surface area contributed by atoms with Gasteiger partial charge < -0.3 is 42.8 Å². The molecule has 5 rings (SSSR count). The van der Waals surface area contributed by atoms with Gasteiger partial charge in [0.25, 0.3) is 0 Å². The molecule has 16 heteroatoms. The molecular weight excluding hydrogens is 959 g/mol. The van der Waals surface area contributed by atoms with Crippen LogP contribution in [0, 0.1) is 0 Å². The number of ether oxygens (including phenoxy) is 8. The number of rotatable bonds is 34. The van der Waals surface area contributed by atoms with Gasteiger partial charge in [0, 0.05) is 31.9 Å². The number of hydrogen-bond donors (Lipinski definition) is 0. The predicted octanol–water partition coefficient (Wildman–Crippen LogP) is 12.7. The fourth-order valence-electron chi connectivity index (χ4n) is 7.04. The SMILES string of the molecule is C=CC(=O)OCCCCCCOc1ccc(OC(=O)c2ccc(C(=O)Oc3ccc(OCCCCCCOC(=O)C=C)cc3)c(C(=O)OCCCCCCOc3ccc(N=Nc4ccc(N(C)C)cc4)cc3)c2)cc1. The van der Waals surface area contributed by atoms with Crippen LogP contribution in [0.5, 0.6) is 28.7 Å². The number of carbonyl (C=O) groups is 5. The third kappa shape index (κ3) is 21.8. The number of carbonyl (C=O) groups excluding carboxylic acids is 5. The molecule has 0 fully saturated rings. The molecule has 5 aromatic rings. The summed E-state index contributed by atoms with van der Waals surface area (Å²) in [6.07, 6.45) is 11.9. The Morgan fingerprint density at radius 2 is 0.787 bits per heavy atom. The lowest BCUT2D eigenvalue weighted by molar-refractivity contribution is -0.138. The molecule has 0 spiro atoms. The van der Waals surface area contributed by atoms with E-state index < -0.39 is 29.8 Å². The average molecular weight is 1030 g/mol. The van der Waals surface area contributed by atoms with E-state index in [0.717, 1.165) is 99.9 Å². The number of benzene rings is 5. The van der Waals surface area contributed by atoms with Gasteiger partial charge >= 0.3 is 29.8 Å². The van der Waals surface area contributed by atoms with Crippen molar-refractivity contribution in [1.29, 1.82) is 0 Å². The molecule has 5 aromatic carbocycles. The van der Waals surface area contributed by atoms with Gasteiger partial charge in [-0.2, -0.15) is 10.2 Å². The molecule has 396 valence electrons. The number of hydrogen-bond acceptors (Lipinski definition) is 16. The Hall–Kier alpha value is -8.27. The van der Waals surface area contributed by atoms with Crippen molar-refractivity contribution >= 4 is 46.9 Å². The molecule has 0 bridgehead atoms. The van der Waals surface area contributed by atoms with Crippen molar-refractivity contribution in [2.75, 3.05) is 58.6 Å². The van der Waals surface area contributed by atoms with Crippen LogP contribution in [0.25, 0.3) is 0 Å². The summed E-state index contributed by atoms with van der Waals surface area (Å²) in [7, 11) is 3.97. The van der Waals surface area contributed by atoms with E-state index in [4.69, 9.17) is 37.9 Å². The Kier molecular flexibility index (Phi) is 25.1. The minimum atomic E-state index is -0.830. The second-order valence-electron chi connectivity index (χ2n) is 17.3. The van der Waals surface area contributed by atoms with E-state index in [1.807, 2.05) is 67.5 Å². The minimum Gasteiger partial charge on any atom is -0.494 e. The van der Waals surface area contributed by atoms with E-state index in [9.17, 15) is 24.0 Å². The number of esters is 5. The maximum atomic E-state index is 13.7. The molecule has 0 aliphatic carbocycles. The molecule has 0 aliphatic heterocycles. The van der Waals surface area contributed by atoms with E-state index in [2.05, 4.69) is 23.4 Å².